The minimum atomic E-state index is -0.557. The van der Waals surface area contributed by atoms with Gasteiger partial charge >= 0.3 is 5.76 Å². The topological polar surface area (TPSA) is 94.5 Å². The molecule has 1 aromatic carbocycles. The van der Waals surface area contributed by atoms with Crippen molar-refractivity contribution >= 4 is 11.5 Å². The van der Waals surface area contributed by atoms with E-state index in [4.69, 9.17) is 14.3 Å². The lowest BCUT2D eigenvalue weighted by molar-refractivity contribution is 0.127. The summed E-state index contributed by atoms with van der Waals surface area (Å²) in [6, 6.07) is 0. The van der Waals surface area contributed by atoms with Crippen LogP contribution in [0.25, 0.3) is 0 Å². The van der Waals surface area contributed by atoms with E-state index in [9.17, 15) is 4.79 Å². The summed E-state index contributed by atoms with van der Waals surface area (Å²) in [5, 5.41) is 11.6. The number of hydrogen-bond acceptors (Lipinski definition) is 7. The largest absolute Gasteiger partial charge is 0.441 e. The third-order valence-electron chi connectivity index (χ3n) is 7.00. The third-order valence-corrected chi connectivity index (χ3v) is 7.00. The molecule has 176 valence electrons. The molecule has 3 rings (SSSR count). The summed E-state index contributed by atoms with van der Waals surface area (Å²) in [4.78, 5) is 22.6. The fourth-order valence-corrected chi connectivity index (χ4v) is 4.07. The Hall–Kier alpha value is -3.42. The number of anilines is 1. The number of pyridine rings is 1. The summed E-state index contributed by atoms with van der Waals surface area (Å²) >= 11 is 0. The normalized spacial score (nSPS) is 11.8. The molecule has 2 aromatic heterocycles. The second-order valence-corrected chi connectivity index (χ2v) is 8.58. The maximum absolute atomic E-state index is 12.0. The van der Waals surface area contributed by atoms with Gasteiger partial charge in [0.15, 0.2) is 12.3 Å². The molecule has 0 atom stereocenters. The predicted molar refractivity (Wildman–Crippen MR) is 130 cm³/mol. The van der Waals surface area contributed by atoms with Gasteiger partial charge in [-0.05, 0) is 99.9 Å². The van der Waals surface area contributed by atoms with Crippen LogP contribution in [0.4, 0.5) is 5.82 Å². The van der Waals surface area contributed by atoms with E-state index in [1.54, 1.807) is 7.05 Å². The van der Waals surface area contributed by atoms with E-state index in [1.807, 2.05) is 34.7 Å². The molecular formula is C25H33N5O3. The van der Waals surface area contributed by atoms with Gasteiger partial charge < -0.3 is 10.2 Å². The number of oxime groups is 1. The van der Waals surface area contributed by atoms with E-state index in [0.29, 0.717) is 11.5 Å². The third kappa shape index (κ3) is 4.17. The minimum Gasteiger partial charge on any atom is -0.389 e. The van der Waals surface area contributed by atoms with Crippen LogP contribution in [0.3, 0.4) is 0 Å². The zero-order valence-electron chi connectivity index (χ0n) is 21.2. The molecule has 0 aliphatic heterocycles. The maximum atomic E-state index is 12.0. The first kappa shape index (κ1) is 24.2. The van der Waals surface area contributed by atoms with Gasteiger partial charge in [-0.25, -0.2) is 9.78 Å². The average molecular weight is 452 g/mol. The van der Waals surface area contributed by atoms with Gasteiger partial charge in [-0.2, -0.15) is 0 Å². The summed E-state index contributed by atoms with van der Waals surface area (Å²) in [6.07, 6.45) is 0. The standard InChI is InChI=1S/C25H33N5O3/c1-12-13(2)17(6)21(18(7)14(12)3)22(24-29-33-25(31)30(24)10)28-32-11-20-16(5)15(4)19(8)23(26-9)27-20/h11H2,1-10H3,(H,26,27). The monoisotopic (exact) mass is 451 g/mol. The Bertz CT molecular complexity index is 1290. The molecule has 0 radical (unpaired) electrons. The van der Waals surface area contributed by atoms with Crippen molar-refractivity contribution in [3.63, 3.8) is 0 Å². The van der Waals surface area contributed by atoms with Crippen LogP contribution >= 0.6 is 0 Å². The van der Waals surface area contributed by atoms with Gasteiger partial charge in [0.05, 0.1) is 5.69 Å². The first-order chi connectivity index (χ1) is 15.5. The van der Waals surface area contributed by atoms with Gasteiger partial charge in [0, 0.05) is 19.7 Å². The van der Waals surface area contributed by atoms with Crippen LogP contribution in [0.2, 0.25) is 0 Å². The van der Waals surface area contributed by atoms with Crippen molar-refractivity contribution < 1.29 is 9.36 Å². The van der Waals surface area contributed by atoms with Gasteiger partial charge in [-0.3, -0.25) is 9.09 Å². The Morgan fingerprint density at radius 2 is 1.45 bits per heavy atom. The average Bonchev–Trinajstić information content (AvgIpc) is 3.13. The number of benzene rings is 1. The zero-order valence-corrected chi connectivity index (χ0v) is 21.2. The molecule has 33 heavy (non-hydrogen) atoms. The Labute approximate surface area is 194 Å². The molecule has 8 heteroatoms. The van der Waals surface area contributed by atoms with Crippen LogP contribution < -0.4 is 11.1 Å². The lowest BCUT2D eigenvalue weighted by Crippen LogP contribution is -2.20. The molecule has 0 amide bonds. The first-order valence-electron chi connectivity index (χ1n) is 11.0. The van der Waals surface area contributed by atoms with Crippen molar-refractivity contribution in [2.24, 2.45) is 12.2 Å². The van der Waals surface area contributed by atoms with Gasteiger partial charge in [-0.1, -0.05) is 10.3 Å². The molecule has 0 aliphatic rings. The predicted octanol–water partition coefficient (Wildman–Crippen LogP) is 4.25. The summed E-state index contributed by atoms with van der Waals surface area (Å²) in [5.41, 5.74) is 11.2. The fraction of sp³-hybridized carbons (Fsp3) is 0.440. The van der Waals surface area contributed by atoms with Gasteiger partial charge in [0.25, 0.3) is 0 Å². The van der Waals surface area contributed by atoms with Crippen LogP contribution in [0.1, 0.15) is 61.6 Å². The van der Waals surface area contributed by atoms with Crippen LogP contribution in [0.15, 0.2) is 14.5 Å². The van der Waals surface area contributed by atoms with Crippen molar-refractivity contribution in [3.05, 3.63) is 72.1 Å². The molecule has 0 saturated heterocycles. The number of nitrogens with one attached hydrogen (secondary N) is 1. The molecule has 0 unspecified atom stereocenters. The molecule has 0 fully saturated rings. The van der Waals surface area contributed by atoms with Crippen molar-refractivity contribution in [1.82, 2.24) is 14.7 Å². The zero-order chi connectivity index (χ0) is 24.6. The Balaban J connectivity index is 2.14. The summed E-state index contributed by atoms with van der Waals surface area (Å²) in [7, 11) is 3.46. The summed E-state index contributed by atoms with van der Waals surface area (Å²) < 4.78 is 6.24. The van der Waals surface area contributed by atoms with E-state index < -0.39 is 5.76 Å². The van der Waals surface area contributed by atoms with Crippen molar-refractivity contribution in [2.45, 2.75) is 62.0 Å². The fourth-order valence-electron chi connectivity index (χ4n) is 4.07. The molecule has 0 bridgehead atoms. The molecule has 2 heterocycles. The number of rotatable bonds is 6. The molecule has 0 aliphatic carbocycles. The molecular weight excluding hydrogens is 418 g/mol. The highest BCUT2D eigenvalue weighted by atomic mass is 16.6. The van der Waals surface area contributed by atoms with Gasteiger partial charge in [0.1, 0.15) is 5.82 Å². The smallest absolute Gasteiger partial charge is 0.389 e. The molecule has 1 N–H and O–H groups in total. The Morgan fingerprint density at radius 3 is 1.97 bits per heavy atom. The Kier molecular flexibility index (Phi) is 6.76. The maximum Gasteiger partial charge on any atom is 0.441 e. The SMILES string of the molecule is CNc1nc(CON=C(c2c(C)c(C)c(C)c(C)c2C)c2noc(=O)n2C)c(C)c(C)c1C. The second kappa shape index (κ2) is 9.21. The molecule has 0 saturated carbocycles. The van der Waals surface area contributed by atoms with Crippen molar-refractivity contribution in [2.75, 3.05) is 12.4 Å². The van der Waals surface area contributed by atoms with Crippen LogP contribution in [-0.4, -0.2) is 27.5 Å². The summed E-state index contributed by atoms with van der Waals surface area (Å²) in [5.74, 6) is 0.574. The van der Waals surface area contributed by atoms with E-state index in [0.717, 1.165) is 44.9 Å². The van der Waals surface area contributed by atoms with Gasteiger partial charge in [0.2, 0.25) is 5.82 Å². The van der Waals surface area contributed by atoms with Crippen molar-refractivity contribution in [1.29, 1.82) is 0 Å². The lowest BCUT2D eigenvalue weighted by Gasteiger charge is -2.19. The number of nitrogens with zero attached hydrogens (tertiary/aromatic N) is 4. The highest BCUT2D eigenvalue weighted by Crippen LogP contribution is 2.28. The lowest BCUT2D eigenvalue weighted by atomic mass is 9.87. The highest BCUT2D eigenvalue weighted by molar-refractivity contribution is 6.12. The quantitative estimate of drug-likeness (QED) is 0.445. The van der Waals surface area contributed by atoms with Crippen molar-refractivity contribution in [3.8, 4) is 0 Å². The van der Waals surface area contributed by atoms with Crippen LogP contribution in [-0.2, 0) is 18.5 Å². The first-order valence-corrected chi connectivity index (χ1v) is 11.0. The highest BCUT2D eigenvalue weighted by Gasteiger charge is 2.24. The number of hydrogen-bond donors (Lipinski definition) is 1. The summed E-state index contributed by atoms with van der Waals surface area (Å²) in [6.45, 7) is 16.7. The van der Waals surface area contributed by atoms with E-state index >= 15 is 0 Å². The van der Waals surface area contributed by atoms with E-state index in [2.05, 4.69) is 43.3 Å². The second-order valence-electron chi connectivity index (χ2n) is 8.58. The number of aromatic nitrogens is 3. The molecule has 3 aromatic rings. The van der Waals surface area contributed by atoms with Crippen LogP contribution in [0, 0.1) is 55.4 Å². The van der Waals surface area contributed by atoms with E-state index in [1.165, 1.54) is 21.3 Å². The molecule has 0 spiro atoms. The van der Waals surface area contributed by atoms with Crippen LogP contribution in [0.5, 0.6) is 0 Å². The Morgan fingerprint density at radius 1 is 0.909 bits per heavy atom. The van der Waals surface area contributed by atoms with Gasteiger partial charge in [-0.15, -0.1) is 0 Å². The van der Waals surface area contributed by atoms with E-state index in [-0.39, 0.29) is 6.61 Å². The molecule has 8 nitrogen and oxygen atoms in total. The minimum absolute atomic E-state index is 0.179.